The Morgan fingerprint density at radius 2 is 2.00 bits per heavy atom. The first kappa shape index (κ1) is 14.4. The normalized spacial score (nSPS) is 23.1. The molecule has 2 nitrogen and oxygen atoms in total. The average molecular weight is 280 g/mol. The van der Waals surface area contributed by atoms with Crippen LogP contribution in [-0.4, -0.2) is 23.9 Å². The van der Waals surface area contributed by atoms with Crippen molar-refractivity contribution in [2.75, 3.05) is 7.05 Å². The molecule has 0 aromatic heterocycles. The van der Waals surface area contributed by atoms with Crippen LogP contribution in [0.5, 0.6) is 0 Å². The van der Waals surface area contributed by atoms with Gasteiger partial charge in [-0.15, -0.1) is 11.6 Å². The molecule has 0 saturated heterocycles. The molecule has 0 bridgehead atoms. The molecule has 0 spiro atoms. The Bertz CT molecular complexity index is 429. The number of carbonyl (C=O) groups excluding carboxylic acids is 1. The highest BCUT2D eigenvalue weighted by Gasteiger charge is 2.25. The molecule has 19 heavy (non-hydrogen) atoms. The molecule has 1 aliphatic rings. The van der Waals surface area contributed by atoms with E-state index in [0.717, 1.165) is 29.9 Å². The van der Waals surface area contributed by atoms with Crippen molar-refractivity contribution in [1.82, 2.24) is 4.90 Å². The Balaban J connectivity index is 2.05. The molecule has 1 amide bonds. The van der Waals surface area contributed by atoms with E-state index in [2.05, 4.69) is 6.92 Å². The van der Waals surface area contributed by atoms with Gasteiger partial charge in [-0.25, -0.2) is 0 Å². The Morgan fingerprint density at radius 3 is 2.58 bits per heavy atom. The lowest BCUT2D eigenvalue weighted by atomic mass is 9.86. The van der Waals surface area contributed by atoms with Crippen LogP contribution < -0.4 is 0 Å². The summed E-state index contributed by atoms with van der Waals surface area (Å²) in [7, 11) is 1.93. The number of hydrogen-bond acceptors (Lipinski definition) is 1. The van der Waals surface area contributed by atoms with Crippen LogP contribution in [0.3, 0.4) is 0 Å². The number of benzene rings is 1. The van der Waals surface area contributed by atoms with Crippen LogP contribution in [0, 0.1) is 5.92 Å². The predicted octanol–water partition coefficient (Wildman–Crippen LogP) is 4.08. The zero-order valence-electron chi connectivity index (χ0n) is 11.7. The number of halogens is 1. The minimum absolute atomic E-state index is 0.125. The van der Waals surface area contributed by atoms with Crippen molar-refractivity contribution < 1.29 is 4.79 Å². The van der Waals surface area contributed by atoms with Crippen LogP contribution in [-0.2, 0) is 5.88 Å². The summed E-state index contributed by atoms with van der Waals surface area (Å²) in [6, 6.07) is 8.00. The molecule has 1 aromatic rings. The maximum absolute atomic E-state index is 12.4. The van der Waals surface area contributed by atoms with Crippen LogP contribution in [0.15, 0.2) is 24.3 Å². The Morgan fingerprint density at radius 1 is 1.32 bits per heavy atom. The summed E-state index contributed by atoms with van der Waals surface area (Å²) in [4.78, 5) is 14.4. The first-order chi connectivity index (χ1) is 9.11. The van der Waals surface area contributed by atoms with E-state index in [4.69, 9.17) is 11.6 Å². The highest BCUT2D eigenvalue weighted by Crippen LogP contribution is 2.27. The summed E-state index contributed by atoms with van der Waals surface area (Å²) in [5, 5.41) is 0. The minimum atomic E-state index is 0.125. The van der Waals surface area contributed by atoms with E-state index in [1.54, 1.807) is 0 Å². The molecule has 0 radical (unpaired) electrons. The van der Waals surface area contributed by atoms with Crippen LogP contribution >= 0.6 is 11.6 Å². The van der Waals surface area contributed by atoms with Gasteiger partial charge in [0.1, 0.15) is 0 Å². The molecular formula is C16H22ClNO. The maximum Gasteiger partial charge on any atom is 0.253 e. The Hall–Kier alpha value is -1.02. The third-order valence-corrected chi connectivity index (χ3v) is 4.44. The number of alkyl halides is 1. The smallest absolute Gasteiger partial charge is 0.253 e. The number of nitrogens with zero attached hydrogens (tertiary/aromatic N) is 1. The lowest BCUT2D eigenvalue weighted by molar-refractivity contribution is 0.0672. The van der Waals surface area contributed by atoms with E-state index in [1.807, 2.05) is 36.2 Å². The van der Waals surface area contributed by atoms with Crippen LogP contribution in [0.4, 0.5) is 0 Å². The second kappa shape index (κ2) is 6.42. The van der Waals surface area contributed by atoms with Crippen molar-refractivity contribution >= 4 is 17.5 Å². The van der Waals surface area contributed by atoms with E-state index in [1.165, 1.54) is 12.8 Å². The molecule has 2 atom stereocenters. The average Bonchev–Trinajstić information content (AvgIpc) is 2.46. The van der Waals surface area contributed by atoms with Crippen molar-refractivity contribution in [3.63, 3.8) is 0 Å². The SMILES string of the molecule is CC1CCCC(N(C)C(=O)c2ccc(CCl)cc2)C1. The quantitative estimate of drug-likeness (QED) is 0.764. The Kier molecular flexibility index (Phi) is 4.87. The topological polar surface area (TPSA) is 20.3 Å². The zero-order valence-corrected chi connectivity index (χ0v) is 12.5. The van der Waals surface area contributed by atoms with Crippen molar-refractivity contribution in [3.05, 3.63) is 35.4 Å². The van der Waals surface area contributed by atoms with Gasteiger partial charge in [0, 0.05) is 24.5 Å². The highest BCUT2D eigenvalue weighted by molar-refractivity contribution is 6.17. The van der Waals surface area contributed by atoms with Crippen LogP contribution in [0.2, 0.25) is 0 Å². The molecule has 2 unspecified atom stereocenters. The zero-order chi connectivity index (χ0) is 13.8. The van der Waals surface area contributed by atoms with Gasteiger partial charge >= 0.3 is 0 Å². The largest absolute Gasteiger partial charge is 0.339 e. The van der Waals surface area contributed by atoms with Crippen LogP contribution in [0.1, 0.15) is 48.5 Å². The second-order valence-electron chi connectivity index (χ2n) is 5.67. The summed E-state index contributed by atoms with van der Waals surface area (Å²) < 4.78 is 0. The molecule has 0 heterocycles. The first-order valence-electron chi connectivity index (χ1n) is 7.04. The summed E-state index contributed by atoms with van der Waals surface area (Å²) >= 11 is 5.76. The molecule has 104 valence electrons. The third kappa shape index (κ3) is 3.50. The molecule has 1 saturated carbocycles. The van der Waals surface area contributed by atoms with E-state index in [0.29, 0.717) is 11.9 Å². The highest BCUT2D eigenvalue weighted by atomic mass is 35.5. The standard InChI is InChI=1S/C16H22ClNO/c1-12-4-3-5-15(10-12)18(2)16(19)14-8-6-13(11-17)7-9-14/h6-9,12,15H,3-5,10-11H2,1-2H3. The number of rotatable bonds is 3. The van der Waals surface area contributed by atoms with Gasteiger partial charge in [0.25, 0.3) is 5.91 Å². The summed E-state index contributed by atoms with van der Waals surface area (Å²) in [6.45, 7) is 2.28. The second-order valence-corrected chi connectivity index (χ2v) is 5.94. The number of hydrogen-bond donors (Lipinski definition) is 0. The van der Waals surface area contributed by atoms with Crippen molar-refractivity contribution in [2.24, 2.45) is 5.92 Å². The lowest BCUT2D eigenvalue weighted by Gasteiger charge is -2.34. The van der Waals surface area contributed by atoms with Gasteiger partial charge in [0.2, 0.25) is 0 Å². The predicted molar refractivity (Wildman–Crippen MR) is 79.5 cm³/mol. The van der Waals surface area contributed by atoms with E-state index in [9.17, 15) is 4.79 Å². The van der Waals surface area contributed by atoms with Gasteiger partial charge in [-0.05, 0) is 36.5 Å². The molecule has 3 heteroatoms. The van der Waals surface area contributed by atoms with E-state index in [-0.39, 0.29) is 5.91 Å². The monoisotopic (exact) mass is 279 g/mol. The molecular weight excluding hydrogens is 258 g/mol. The van der Waals surface area contributed by atoms with Crippen molar-refractivity contribution in [2.45, 2.75) is 44.5 Å². The van der Waals surface area contributed by atoms with E-state index >= 15 is 0 Å². The van der Waals surface area contributed by atoms with Gasteiger partial charge in [0.05, 0.1) is 0 Å². The molecule has 1 aliphatic carbocycles. The van der Waals surface area contributed by atoms with E-state index < -0.39 is 0 Å². The molecule has 1 aromatic carbocycles. The van der Waals surface area contributed by atoms with Gasteiger partial charge in [-0.1, -0.05) is 31.9 Å². The number of amides is 1. The van der Waals surface area contributed by atoms with Gasteiger partial charge < -0.3 is 4.90 Å². The summed E-state index contributed by atoms with van der Waals surface area (Å²) in [5.41, 5.74) is 1.81. The maximum atomic E-state index is 12.4. The van der Waals surface area contributed by atoms with Gasteiger partial charge in [-0.2, -0.15) is 0 Å². The fourth-order valence-corrected chi connectivity index (χ4v) is 3.04. The fourth-order valence-electron chi connectivity index (χ4n) is 2.86. The molecule has 1 fully saturated rings. The first-order valence-corrected chi connectivity index (χ1v) is 7.57. The lowest BCUT2D eigenvalue weighted by Crippen LogP contribution is -2.39. The van der Waals surface area contributed by atoms with Crippen molar-refractivity contribution in [3.8, 4) is 0 Å². The van der Waals surface area contributed by atoms with Crippen molar-refractivity contribution in [1.29, 1.82) is 0 Å². The third-order valence-electron chi connectivity index (χ3n) is 4.13. The molecule has 2 rings (SSSR count). The van der Waals surface area contributed by atoms with Crippen LogP contribution in [0.25, 0.3) is 0 Å². The summed E-state index contributed by atoms with van der Waals surface area (Å²) in [5.74, 6) is 1.35. The summed E-state index contributed by atoms with van der Waals surface area (Å²) in [6.07, 6.45) is 4.78. The Labute approximate surface area is 120 Å². The molecule has 0 N–H and O–H groups in total. The van der Waals surface area contributed by atoms with Gasteiger partial charge in [-0.3, -0.25) is 4.79 Å². The minimum Gasteiger partial charge on any atom is -0.339 e. The van der Waals surface area contributed by atoms with Gasteiger partial charge in [0.15, 0.2) is 0 Å². The fraction of sp³-hybridized carbons (Fsp3) is 0.562. The molecule has 0 aliphatic heterocycles. The number of carbonyl (C=O) groups is 1.